The molecule has 84 valence electrons. The van der Waals surface area contributed by atoms with E-state index in [0.717, 1.165) is 25.8 Å². The van der Waals surface area contributed by atoms with Gasteiger partial charge in [-0.15, -0.1) is 0 Å². The molecule has 0 aromatic heterocycles. The minimum Gasteiger partial charge on any atom is -0.480 e. The Morgan fingerprint density at radius 3 is 2.93 bits per heavy atom. The number of allylic oxidation sites excluding steroid dienone is 1. The molecule has 2 fully saturated rings. The molecule has 1 heterocycles. The quantitative estimate of drug-likeness (QED) is 0.669. The second-order valence-electron chi connectivity index (χ2n) is 5.04. The number of hydrogen-bond donors (Lipinski definition) is 1. The van der Waals surface area contributed by atoms with E-state index in [9.17, 15) is 4.79 Å². The number of piperidine rings is 1. The Labute approximate surface area is 90.8 Å². The Kier molecular flexibility index (Phi) is 2.83. The van der Waals surface area contributed by atoms with Crippen LogP contribution in [0, 0.1) is 11.8 Å². The van der Waals surface area contributed by atoms with Gasteiger partial charge in [0.25, 0.3) is 0 Å². The summed E-state index contributed by atoms with van der Waals surface area (Å²) in [4.78, 5) is 13.1. The number of fused-ring (bicyclic) bond motifs is 1. The summed E-state index contributed by atoms with van der Waals surface area (Å²) in [5.41, 5.74) is 1.31. The summed E-state index contributed by atoms with van der Waals surface area (Å²) in [6.45, 7) is 4.97. The molecule has 0 spiro atoms. The largest absolute Gasteiger partial charge is 0.480 e. The van der Waals surface area contributed by atoms with Crippen molar-refractivity contribution in [3.63, 3.8) is 0 Å². The van der Waals surface area contributed by atoms with Crippen LogP contribution in [0.1, 0.15) is 25.7 Å². The molecule has 15 heavy (non-hydrogen) atoms. The first-order valence-corrected chi connectivity index (χ1v) is 5.67. The predicted molar refractivity (Wildman–Crippen MR) is 58.6 cm³/mol. The van der Waals surface area contributed by atoms with Crippen molar-refractivity contribution in [1.82, 2.24) is 4.90 Å². The maximum Gasteiger partial charge on any atom is 0.320 e. The van der Waals surface area contributed by atoms with Crippen molar-refractivity contribution in [3.8, 4) is 0 Å². The van der Waals surface area contributed by atoms with Crippen molar-refractivity contribution in [2.45, 2.75) is 31.7 Å². The van der Waals surface area contributed by atoms with E-state index >= 15 is 0 Å². The summed E-state index contributed by atoms with van der Waals surface area (Å²) >= 11 is 0. The lowest BCUT2D eigenvalue weighted by Gasteiger charge is -2.43. The molecule has 2 rings (SSSR count). The molecule has 3 atom stereocenters. The smallest absolute Gasteiger partial charge is 0.320 e. The number of aliphatic carboxylic acids is 1. The van der Waals surface area contributed by atoms with Gasteiger partial charge in [0, 0.05) is 6.54 Å². The van der Waals surface area contributed by atoms with E-state index in [-0.39, 0.29) is 6.04 Å². The second-order valence-corrected chi connectivity index (χ2v) is 5.04. The van der Waals surface area contributed by atoms with Gasteiger partial charge in [-0.05, 0) is 44.6 Å². The van der Waals surface area contributed by atoms with Gasteiger partial charge >= 0.3 is 5.97 Å². The van der Waals surface area contributed by atoms with Crippen LogP contribution in [0.4, 0.5) is 0 Å². The van der Waals surface area contributed by atoms with Gasteiger partial charge in [0.2, 0.25) is 0 Å². The van der Waals surface area contributed by atoms with Crippen LogP contribution < -0.4 is 0 Å². The average molecular weight is 209 g/mol. The molecular formula is C12H19NO2. The second kappa shape index (κ2) is 3.97. The van der Waals surface area contributed by atoms with Crippen LogP contribution in [-0.4, -0.2) is 35.6 Å². The summed E-state index contributed by atoms with van der Waals surface area (Å²) in [6.07, 6.45) is 4.17. The molecule has 0 unspecified atom stereocenters. The summed E-state index contributed by atoms with van der Waals surface area (Å²) in [5, 5.41) is 9.10. The third-order valence-electron chi connectivity index (χ3n) is 3.95. The highest BCUT2D eigenvalue weighted by molar-refractivity contribution is 5.73. The molecule has 1 N–H and O–H groups in total. The van der Waals surface area contributed by atoms with Gasteiger partial charge in [0.05, 0.1) is 0 Å². The fourth-order valence-corrected chi connectivity index (χ4v) is 3.03. The topological polar surface area (TPSA) is 40.5 Å². The lowest BCUT2D eigenvalue weighted by molar-refractivity contribution is -0.145. The maximum atomic E-state index is 11.1. The van der Waals surface area contributed by atoms with E-state index in [4.69, 9.17) is 5.11 Å². The molecule has 0 amide bonds. The number of carboxylic acid groups (broad SMARTS) is 1. The Morgan fingerprint density at radius 2 is 2.27 bits per heavy atom. The van der Waals surface area contributed by atoms with Crippen molar-refractivity contribution in [1.29, 1.82) is 0 Å². The van der Waals surface area contributed by atoms with Crippen LogP contribution in [0.3, 0.4) is 0 Å². The van der Waals surface area contributed by atoms with E-state index in [1.165, 1.54) is 12.0 Å². The summed E-state index contributed by atoms with van der Waals surface area (Å²) in [5.74, 6) is 0.576. The number of hydrogen-bond acceptors (Lipinski definition) is 2. The first kappa shape index (κ1) is 10.7. The van der Waals surface area contributed by atoms with Crippen molar-refractivity contribution in [2.24, 2.45) is 11.8 Å². The predicted octanol–water partition coefficient (Wildman–Crippen LogP) is 1.75. The van der Waals surface area contributed by atoms with Crippen molar-refractivity contribution >= 4 is 5.97 Å². The van der Waals surface area contributed by atoms with Crippen LogP contribution in [0.25, 0.3) is 0 Å². The fourth-order valence-electron chi connectivity index (χ4n) is 3.03. The molecule has 0 aromatic carbocycles. The monoisotopic (exact) mass is 209 g/mol. The first-order chi connectivity index (χ1) is 7.08. The standard InChI is InChI=1S/C12H19NO2/c1-8-3-4-9-7-13(2)11(12(14)15)6-10(9)5-8/h9-11H,1,3-7H2,2H3,(H,14,15)/t9-,10+,11-/m0/s1. The van der Waals surface area contributed by atoms with Crippen LogP contribution in [0.15, 0.2) is 12.2 Å². The van der Waals surface area contributed by atoms with Crippen LogP contribution in [0.5, 0.6) is 0 Å². The van der Waals surface area contributed by atoms with Gasteiger partial charge in [0.1, 0.15) is 6.04 Å². The van der Waals surface area contributed by atoms with Gasteiger partial charge in [0.15, 0.2) is 0 Å². The van der Waals surface area contributed by atoms with Gasteiger partial charge in [-0.3, -0.25) is 9.69 Å². The molecule has 1 aliphatic heterocycles. The number of nitrogens with zero attached hydrogens (tertiary/aromatic N) is 1. The van der Waals surface area contributed by atoms with Crippen molar-refractivity contribution in [3.05, 3.63) is 12.2 Å². The molecule has 3 nitrogen and oxygen atoms in total. The molecule has 0 radical (unpaired) electrons. The highest BCUT2D eigenvalue weighted by atomic mass is 16.4. The Hall–Kier alpha value is -0.830. The number of likely N-dealkylation sites (tertiary alicyclic amines) is 1. The first-order valence-electron chi connectivity index (χ1n) is 5.67. The summed E-state index contributed by atoms with van der Waals surface area (Å²) < 4.78 is 0. The molecule has 1 aliphatic carbocycles. The van der Waals surface area contributed by atoms with E-state index in [1.807, 2.05) is 11.9 Å². The number of carbonyl (C=O) groups is 1. The van der Waals surface area contributed by atoms with Gasteiger partial charge < -0.3 is 5.11 Å². The van der Waals surface area contributed by atoms with E-state index in [2.05, 4.69) is 6.58 Å². The molecule has 1 saturated heterocycles. The normalized spacial score (nSPS) is 37.4. The fraction of sp³-hybridized carbons (Fsp3) is 0.750. The molecular weight excluding hydrogens is 190 g/mol. The summed E-state index contributed by atoms with van der Waals surface area (Å²) in [7, 11) is 1.93. The number of likely N-dealkylation sites (N-methyl/N-ethyl adjacent to an activating group) is 1. The van der Waals surface area contributed by atoms with Crippen molar-refractivity contribution < 1.29 is 9.90 Å². The maximum absolute atomic E-state index is 11.1. The molecule has 0 bridgehead atoms. The Balaban J connectivity index is 2.06. The van der Waals surface area contributed by atoms with Gasteiger partial charge in [-0.1, -0.05) is 12.2 Å². The van der Waals surface area contributed by atoms with E-state index in [0.29, 0.717) is 11.8 Å². The minimum atomic E-state index is -0.674. The van der Waals surface area contributed by atoms with Crippen molar-refractivity contribution in [2.75, 3.05) is 13.6 Å². The zero-order chi connectivity index (χ0) is 11.0. The van der Waals surface area contributed by atoms with E-state index < -0.39 is 5.97 Å². The van der Waals surface area contributed by atoms with Crippen LogP contribution in [0.2, 0.25) is 0 Å². The number of rotatable bonds is 1. The molecule has 1 saturated carbocycles. The summed E-state index contributed by atoms with van der Waals surface area (Å²) in [6, 6.07) is -0.280. The lowest BCUT2D eigenvalue weighted by Crippen LogP contribution is -2.49. The minimum absolute atomic E-state index is 0.280. The third-order valence-corrected chi connectivity index (χ3v) is 3.95. The zero-order valence-electron chi connectivity index (χ0n) is 9.28. The average Bonchev–Trinajstić information content (AvgIpc) is 2.17. The van der Waals surface area contributed by atoms with Crippen LogP contribution >= 0.6 is 0 Å². The van der Waals surface area contributed by atoms with E-state index in [1.54, 1.807) is 0 Å². The third kappa shape index (κ3) is 2.07. The highest BCUT2D eigenvalue weighted by Gasteiger charge is 2.38. The molecule has 2 aliphatic rings. The SMILES string of the molecule is C=C1CC[C@H]2CN(C)[C@H](C(=O)O)C[C@H]2C1. The lowest BCUT2D eigenvalue weighted by atomic mass is 9.71. The highest BCUT2D eigenvalue weighted by Crippen LogP contribution is 2.39. The van der Waals surface area contributed by atoms with Crippen LogP contribution in [-0.2, 0) is 4.79 Å². The molecule has 3 heteroatoms. The molecule has 0 aromatic rings. The number of carboxylic acids is 1. The van der Waals surface area contributed by atoms with Gasteiger partial charge in [-0.2, -0.15) is 0 Å². The zero-order valence-corrected chi connectivity index (χ0v) is 9.28. The van der Waals surface area contributed by atoms with Gasteiger partial charge in [-0.25, -0.2) is 0 Å². The Bertz CT molecular complexity index is 287. The Morgan fingerprint density at radius 1 is 1.53 bits per heavy atom.